The summed E-state index contributed by atoms with van der Waals surface area (Å²) in [6.07, 6.45) is 0. The van der Waals surface area contributed by atoms with Crippen LogP contribution in [0.3, 0.4) is 0 Å². The molecule has 3 nitrogen and oxygen atoms in total. The quantitative estimate of drug-likeness (QED) is 0.475. The van der Waals surface area contributed by atoms with E-state index in [2.05, 4.69) is 0 Å². The summed E-state index contributed by atoms with van der Waals surface area (Å²) >= 11 is 0. The molecule has 0 saturated carbocycles. The first kappa shape index (κ1) is 14.1. The largest absolute Gasteiger partial charge is 0.496 e. The van der Waals surface area contributed by atoms with E-state index < -0.39 is 0 Å². The molecular formula is C7H15O3Ti-. The third kappa shape index (κ3) is 8.50. The van der Waals surface area contributed by atoms with E-state index in [1.54, 1.807) is 0 Å². The van der Waals surface area contributed by atoms with E-state index in [4.69, 9.17) is 14.2 Å². The van der Waals surface area contributed by atoms with Gasteiger partial charge in [-0.1, -0.05) is 0 Å². The van der Waals surface area contributed by atoms with Crippen LogP contribution in [0.1, 0.15) is 20.8 Å². The van der Waals surface area contributed by atoms with E-state index in [0.29, 0.717) is 19.8 Å². The SMILES string of the molecule is CCO[C-](OCC)OCC.[Ti]. The van der Waals surface area contributed by atoms with E-state index in [0.717, 1.165) is 0 Å². The predicted molar refractivity (Wildman–Crippen MR) is 38.1 cm³/mol. The van der Waals surface area contributed by atoms with Crippen LogP contribution in [0, 0.1) is 6.48 Å². The Kier molecular flexibility index (Phi) is 13.6. The minimum atomic E-state index is 0. The maximum Gasteiger partial charge on any atom is 0.0375 e. The fraction of sp³-hybridized carbons (Fsp3) is 0.857. The zero-order chi connectivity index (χ0) is 7.82. The summed E-state index contributed by atoms with van der Waals surface area (Å²) in [7, 11) is 0. The van der Waals surface area contributed by atoms with E-state index in [1.165, 1.54) is 0 Å². The molecule has 0 aromatic heterocycles. The Morgan fingerprint density at radius 2 is 1.09 bits per heavy atom. The molecule has 0 amide bonds. The Hall–Kier alpha value is 0.594. The molecule has 0 aliphatic rings. The summed E-state index contributed by atoms with van der Waals surface area (Å²) in [5.41, 5.74) is 0. The molecule has 0 aromatic rings. The Morgan fingerprint density at radius 3 is 1.27 bits per heavy atom. The van der Waals surface area contributed by atoms with Crippen molar-refractivity contribution in [3.8, 4) is 0 Å². The van der Waals surface area contributed by atoms with E-state index in [9.17, 15) is 0 Å². The molecule has 0 bridgehead atoms. The van der Waals surface area contributed by atoms with Crippen molar-refractivity contribution in [3.63, 3.8) is 0 Å². The van der Waals surface area contributed by atoms with Crippen molar-refractivity contribution in [2.75, 3.05) is 19.8 Å². The molecule has 66 valence electrons. The zero-order valence-electron chi connectivity index (χ0n) is 7.35. The molecule has 0 aromatic carbocycles. The van der Waals surface area contributed by atoms with Gasteiger partial charge in [0, 0.05) is 48.0 Å². The van der Waals surface area contributed by atoms with Crippen LogP contribution in [0.5, 0.6) is 0 Å². The molecule has 0 atom stereocenters. The smallest absolute Gasteiger partial charge is 0.0375 e. The molecule has 0 aliphatic heterocycles. The number of ether oxygens (including phenoxy) is 3. The standard InChI is InChI=1S/C7H15O3.Ti/c1-4-8-7(9-5-2)10-6-3;/h4-6H2,1-3H3;/q-1;. The van der Waals surface area contributed by atoms with Crippen molar-refractivity contribution in [2.24, 2.45) is 0 Å². The van der Waals surface area contributed by atoms with Crippen molar-refractivity contribution in [1.29, 1.82) is 0 Å². The van der Waals surface area contributed by atoms with Crippen LogP contribution in [0.15, 0.2) is 0 Å². The maximum atomic E-state index is 5.00. The summed E-state index contributed by atoms with van der Waals surface area (Å²) in [5.74, 6) is 0. The second-order valence-electron chi connectivity index (χ2n) is 1.55. The molecule has 11 heavy (non-hydrogen) atoms. The van der Waals surface area contributed by atoms with Gasteiger partial charge in [0.15, 0.2) is 0 Å². The molecule has 0 radical (unpaired) electrons. The molecule has 0 N–H and O–H groups in total. The van der Waals surface area contributed by atoms with Crippen molar-refractivity contribution in [1.82, 2.24) is 0 Å². The van der Waals surface area contributed by atoms with Gasteiger partial charge in [0.1, 0.15) is 0 Å². The predicted octanol–water partition coefficient (Wildman–Crippen LogP) is 1.54. The second kappa shape index (κ2) is 10.6. The second-order valence-corrected chi connectivity index (χ2v) is 1.55. The van der Waals surface area contributed by atoms with Gasteiger partial charge in [0.25, 0.3) is 0 Å². The summed E-state index contributed by atoms with van der Waals surface area (Å²) in [5, 5.41) is 0. The van der Waals surface area contributed by atoms with Gasteiger partial charge in [-0.05, 0) is 20.8 Å². The van der Waals surface area contributed by atoms with Gasteiger partial charge in [-0.15, -0.1) is 0 Å². The molecule has 0 unspecified atom stereocenters. The molecule has 0 heterocycles. The van der Waals surface area contributed by atoms with Crippen LogP contribution in [-0.2, 0) is 35.9 Å². The van der Waals surface area contributed by atoms with Gasteiger partial charge in [0.05, 0.1) is 0 Å². The van der Waals surface area contributed by atoms with Gasteiger partial charge < -0.3 is 14.2 Å². The van der Waals surface area contributed by atoms with Crippen molar-refractivity contribution in [2.45, 2.75) is 20.8 Å². The van der Waals surface area contributed by atoms with E-state index in [1.807, 2.05) is 20.8 Å². The molecule has 0 fully saturated rings. The molecule has 4 heteroatoms. The van der Waals surface area contributed by atoms with Gasteiger partial charge in [-0.25, -0.2) is 0 Å². The fourth-order valence-corrected chi connectivity index (χ4v) is 0.479. The van der Waals surface area contributed by atoms with E-state index >= 15 is 0 Å². The minimum Gasteiger partial charge on any atom is -0.496 e. The minimum absolute atomic E-state index is 0. The van der Waals surface area contributed by atoms with E-state index in [-0.39, 0.29) is 28.2 Å². The number of rotatable bonds is 6. The summed E-state index contributed by atoms with van der Waals surface area (Å²) in [6, 6.07) is 0. The Balaban J connectivity index is 0. The van der Waals surface area contributed by atoms with Crippen molar-refractivity contribution in [3.05, 3.63) is 6.48 Å². The zero-order valence-corrected chi connectivity index (χ0v) is 8.91. The van der Waals surface area contributed by atoms with Crippen LogP contribution in [0.25, 0.3) is 0 Å². The normalized spacial score (nSPS) is 9.82. The molecule has 0 rings (SSSR count). The molecule has 0 saturated heterocycles. The number of hydrogen-bond acceptors (Lipinski definition) is 3. The first-order valence-corrected chi connectivity index (χ1v) is 3.60. The van der Waals surface area contributed by atoms with Crippen molar-refractivity contribution >= 4 is 0 Å². The average Bonchev–Trinajstić information content (AvgIpc) is 1.90. The van der Waals surface area contributed by atoms with Crippen LogP contribution in [0.2, 0.25) is 0 Å². The number of hydrogen-bond donors (Lipinski definition) is 0. The third-order valence-electron chi connectivity index (χ3n) is 0.787. The summed E-state index contributed by atoms with van der Waals surface area (Å²) in [6.45, 7) is 7.68. The monoisotopic (exact) mass is 195 g/mol. The summed E-state index contributed by atoms with van der Waals surface area (Å²) in [4.78, 5) is 0. The van der Waals surface area contributed by atoms with Gasteiger partial charge in [-0.3, -0.25) is 0 Å². The summed E-state index contributed by atoms with van der Waals surface area (Å²) < 4.78 is 15.0. The molecular weight excluding hydrogens is 180 g/mol. The third-order valence-corrected chi connectivity index (χ3v) is 0.787. The Bertz CT molecular complexity index is 56.4. The average molecular weight is 195 g/mol. The topological polar surface area (TPSA) is 27.7 Å². The molecule has 0 spiro atoms. The first-order valence-electron chi connectivity index (χ1n) is 3.60. The Labute approximate surface area is 83.3 Å². The first-order chi connectivity index (χ1) is 4.85. The van der Waals surface area contributed by atoms with Crippen LogP contribution in [0.4, 0.5) is 0 Å². The van der Waals surface area contributed by atoms with Gasteiger partial charge in [0.2, 0.25) is 0 Å². The van der Waals surface area contributed by atoms with Crippen molar-refractivity contribution < 1.29 is 35.9 Å². The van der Waals surface area contributed by atoms with Crippen LogP contribution >= 0.6 is 0 Å². The maximum absolute atomic E-state index is 5.00. The van der Waals surface area contributed by atoms with Gasteiger partial charge in [-0.2, -0.15) is 0 Å². The van der Waals surface area contributed by atoms with Crippen LogP contribution in [-0.4, -0.2) is 19.8 Å². The molecule has 0 aliphatic carbocycles. The fourth-order valence-electron chi connectivity index (χ4n) is 0.479. The Morgan fingerprint density at radius 1 is 0.818 bits per heavy atom. The van der Waals surface area contributed by atoms with Gasteiger partial charge >= 0.3 is 0 Å². The van der Waals surface area contributed by atoms with Crippen LogP contribution < -0.4 is 0 Å².